The highest BCUT2D eigenvalue weighted by molar-refractivity contribution is 6.31. The molecule has 98 valence electrons. The van der Waals surface area contributed by atoms with E-state index in [1.165, 1.54) is 0 Å². The first-order valence-corrected chi connectivity index (χ1v) is 6.74. The van der Waals surface area contributed by atoms with Gasteiger partial charge in [-0.3, -0.25) is 4.79 Å². The molecule has 1 saturated heterocycles. The van der Waals surface area contributed by atoms with E-state index in [-0.39, 0.29) is 5.91 Å². The molecule has 0 spiro atoms. The van der Waals surface area contributed by atoms with Crippen LogP contribution in [0, 0.1) is 12.8 Å². The van der Waals surface area contributed by atoms with E-state index in [1.54, 1.807) is 6.07 Å². The van der Waals surface area contributed by atoms with Gasteiger partial charge >= 0.3 is 0 Å². The highest BCUT2D eigenvalue weighted by atomic mass is 35.5. The SMILES string of the molecule is Cc1cc(Cl)cc(C(=O)N2CCC(CN)CC2)c1. The van der Waals surface area contributed by atoms with Crippen LogP contribution in [0.3, 0.4) is 0 Å². The molecule has 0 saturated carbocycles. The van der Waals surface area contributed by atoms with E-state index >= 15 is 0 Å². The molecule has 1 amide bonds. The number of hydrogen-bond donors (Lipinski definition) is 1. The van der Waals surface area contributed by atoms with E-state index < -0.39 is 0 Å². The van der Waals surface area contributed by atoms with Crippen molar-refractivity contribution >= 4 is 17.5 Å². The molecule has 0 aliphatic carbocycles. The van der Waals surface area contributed by atoms with Gasteiger partial charge in [-0.25, -0.2) is 0 Å². The predicted molar refractivity (Wildman–Crippen MR) is 73.9 cm³/mol. The van der Waals surface area contributed by atoms with Gasteiger partial charge in [-0.1, -0.05) is 11.6 Å². The zero-order valence-electron chi connectivity index (χ0n) is 10.7. The van der Waals surface area contributed by atoms with Gasteiger partial charge in [-0.05, 0) is 56.0 Å². The summed E-state index contributed by atoms with van der Waals surface area (Å²) in [6.07, 6.45) is 2.00. The second kappa shape index (κ2) is 5.72. The zero-order chi connectivity index (χ0) is 13.1. The molecule has 2 N–H and O–H groups in total. The molecule has 0 atom stereocenters. The number of nitrogens with two attached hydrogens (primary N) is 1. The molecular formula is C14H19ClN2O. The third-order valence-electron chi connectivity index (χ3n) is 3.52. The highest BCUT2D eigenvalue weighted by Crippen LogP contribution is 2.20. The third kappa shape index (κ3) is 3.03. The van der Waals surface area contributed by atoms with Gasteiger partial charge in [0.15, 0.2) is 0 Å². The maximum absolute atomic E-state index is 12.3. The fraction of sp³-hybridized carbons (Fsp3) is 0.500. The number of nitrogens with zero attached hydrogens (tertiary/aromatic N) is 1. The maximum Gasteiger partial charge on any atom is 0.253 e. The van der Waals surface area contributed by atoms with Gasteiger partial charge in [0.25, 0.3) is 5.91 Å². The number of aryl methyl sites for hydroxylation is 1. The molecule has 1 aromatic rings. The van der Waals surface area contributed by atoms with Crippen LogP contribution in [0.4, 0.5) is 0 Å². The van der Waals surface area contributed by atoms with Gasteiger partial charge in [0.2, 0.25) is 0 Å². The molecule has 0 aromatic heterocycles. The Balaban J connectivity index is 2.07. The van der Waals surface area contributed by atoms with E-state index in [2.05, 4.69) is 0 Å². The van der Waals surface area contributed by atoms with E-state index in [9.17, 15) is 4.79 Å². The number of hydrogen-bond acceptors (Lipinski definition) is 2. The van der Waals surface area contributed by atoms with Crippen molar-refractivity contribution in [3.8, 4) is 0 Å². The summed E-state index contributed by atoms with van der Waals surface area (Å²) in [5.41, 5.74) is 7.36. The molecule has 0 unspecified atom stereocenters. The van der Waals surface area contributed by atoms with Crippen molar-refractivity contribution in [2.75, 3.05) is 19.6 Å². The standard InChI is InChI=1S/C14H19ClN2O/c1-10-6-12(8-13(15)7-10)14(18)17-4-2-11(9-16)3-5-17/h6-8,11H,2-5,9,16H2,1H3. The number of amides is 1. The van der Waals surface area contributed by atoms with Crippen molar-refractivity contribution in [3.63, 3.8) is 0 Å². The molecule has 1 aliphatic rings. The minimum Gasteiger partial charge on any atom is -0.339 e. The molecule has 0 bridgehead atoms. The van der Waals surface area contributed by atoms with Crippen molar-refractivity contribution in [1.29, 1.82) is 0 Å². The minimum absolute atomic E-state index is 0.0797. The van der Waals surface area contributed by atoms with Gasteiger partial charge in [0.05, 0.1) is 0 Å². The molecule has 4 heteroatoms. The van der Waals surface area contributed by atoms with Gasteiger partial charge in [0, 0.05) is 23.7 Å². The fourth-order valence-corrected chi connectivity index (χ4v) is 2.70. The smallest absolute Gasteiger partial charge is 0.253 e. The largest absolute Gasteiger partial charge is 0.339 e. The molecular weight excluding hydrogens is 248 g/mol. The first kappa shape index (κ1) is 13.4. The zero-order valence-corrected chi connectivity index (χ0v) is 11.4. The summed E-state index contributed by atoms with van der Waals surface area (Å²) in [6.45, 7) is 4.26. The topological polar surface area (TPSA) is 46.3 Å². The summed E-state index contributed by atoms with van der Waals surface area (Å²) in [4.78, 5) is 14.2. The summed E-state index contributed by atoms with van der Waals surface area (Å²) in [7, 11) is 0. The van der Waals surface area contributed by atoms with Gasteiger partial charge in [-0.15, -0.1) is 0 Å². The molecule has 0 radical (unpaired) electrons. The lowest BCUT2D eigenvalue weighted by atomic mass is 9.96. The van der Waals surface area contributed by atoms with Crippen LogP contribution < -0.4 is 5.73 Å². The number of benzene rings is 1. The lowest BCUT2D eigenvalue weighted by Gasteiger charge is -2.31. The Kier molecular flexibility index (Phi) is 4.25. The Morgan fingerprint density at radius 1 is 1.39 bits per heavy atom. The van der Waals surface area contributed by atoms with Crippen molar-refractivity contribution in [2.45, 2.75) is 19.8 Å². The van der Waals surface area contributed by atoms with Crippen molar-refractivity contribution in [3.05, 3.63) is 34.3 Å². The third-order valence-corrected chi connectivity index (χ3v) is 3.74. The Morgan fingerprint density at radius 2 is 2.06 bits per heavy atom. The number of rotatable bonds is 2. The highest BCUT2D eigenvalue weighted by Gasteiger charge is 2.23. The second-order valence-corrected chi connectivity index (χ2v) is 5.42. The summed E-state index contributed by atoms with van der Waals surface area (Å²) in [6, 6.07) is 5.49. The average Bonchev–Trinajstić information content (AvgIpc) is 2.37. The average molecular weight is 267 g/mol. The van der Waals surface area contributed by atoms with Crippen LogP contribution in [0.25, 0.3) is 0 Å². The Labute approximate surface area is 113 Å². The molecule has 1 fully saturated rings. The molecule has 3 nitrogen and oxygen atoms in total. The van der Waals surface area contributed by atoms with E-state index in [0.29, 0.717) is 16.5 Å². The van der Waals surface area contributed by atoms with Gasteiger partial charge < -0.3 is 10.6 Å². The maximum atomic E-state index is 12.3. The Bertz CT molecular complexity index is 419. The lowest BCUT2D eigenvalue weighted by Crippen LogP contribution is -2.40. The summed E-state index contributed by atoms with van der Waals surface area (Å²) in [5, 5.41) is 0.621. The summed E-state index contributed by atoms with van der Waals surface area (Å²) >= 11 is 5.99. The lowest BCUT2D eigenvalue weighted by molar-refractivity contribution is 0.0693. The van der Waals surface area contributed by atoms with Crippen molar-refractivity contribution in [2.24, 2.45) is 11.7 Å². The minimum atomic E-state index is 0.0797. The quantitative estimate of drug-likeness (QED) is 0.894. The number of likely N-dealkylation sites (tertiary alicyclic amines) is 1. The first-order chi connectivity index (χ1) is 8.60. The summed E-state index contributed by atoms with van der Waals surface area (Å²) in [5.74, 6) is 0.645. The van der Waals surface area contributed by atoms with Gasteiger partial charge in [-0.2, -0.15) is 0 Å². The van der Waals surface area contributed by atoms with Crippen molar-refractivity contribution in [1.82, 2.24) is 4.90 Å². The monoisotopic (exact) mass is 266 g/mol. The van der Waals surface area contributed by atoms with Crippen LogP contribution in [0.1, 0.15) is 28.8 Å². The normalized spacial score (nSPS) is 16.9. The van der Waals surface area contributed by atoms with Crippen molar-refractivity contribution < 1.29 is 4.79 Å². The summed E-state index contributed by atoms with van der Waals surface area (Å²) < 4.78 is 0. The molecule has 1 aromatic carbocycles. The predicted octanol–water partition coefficient (Wildman–Crippen LogP) is 2.46. The van der Waals surface area contributed by atoms with Crippen LogP contribution in [0.2, 0.25) is 5.02 Å². The fourth-order valence-electron chi connectivity index (χ4n) is 2.41. The number of halogens is 1. The first-order valence-electron chi connectivity index (χ1n) is 6.36. The number of carbonyl (C=O) groups is 1. The van der Waals surface area contributed by atoms with Crippen LogP contribution in [0.15, 0.2) is 18.2 Å². The van der Waals surface area contributed by atoms with Gasteiger partial charge in [0.1, 0.15) is 0 Å². The van der Waals surface area contributed by atoms with E-state index in [1.807, 2.05) is 24.0 Å². The van der Waals surface area contributed by atoms with Crippen LogP contribution in [-0.4, -0.2) is 30.4 Å². The second-order valence-electron chi connectivity index (χ2n) is 4.99. The Morgan fingerprint density at radius 3 is 2.61 bits per heavy atom. The van der Waals surface area contributed by atoms with E-state index in [4.69, 9.17) is 17.3 Å². The van der Waals surface area contributed by atoms with E-state index in [0.717, 1.165) is 38.0 Å². The molecule has 18 heavy (non-hydrogen) atoms. The van der Waals surface area contributed by atoms with Crippen LogP contribution in [0.5, 0.6) is 0 Å². The van der Waals surface area contributed by atoms with Crippen LogP contribution in [-0.2, 0) is 0 Å². The molecule has 1 heterocycles. The van der Waals surface area contributed by atoms with Crippen LogP contribution >= 0.6 is 11.6 Å². The number of carbonyl (C=O) groups excluding carboxylic acids is 1. The molecule has 1 aliphatic heterocycles. The Hall–Kier alpha value is -1.06. The molecule has 2 rings (SSSR count). The number of piperidine rings is 1.